The number of methoxy groups -OCH3 is 2. The molecule has 1 atom stereocenters. The highest BCUT2D eigenvalue weighted by Gasteiger charge is 2.15. The highest BCUT2D eigenvalue weighted by atomic mass is 127. The van der Waals surface area contributed by atoms with E-state index in [1.165, 1.54) is 0 Å². The van der Waals surface area contributed by atoms with E-state index in [2.05, 4.69) is 38.5 Å². The van der Waals surface area contributed by atoms with Gasteiger partial charge >= 0.3 is 0 Å². The topological polar surface area (TPSA) is 44.5 Å². The first-order valence-electron chi connectivity index (χ1n) is 5.98. The van der Waals surface area contributed by atoms with Crippen LogP contribution in [0.1, 0.15) is 17.2 Å². The Morgan fingerprint density at radius 1 is 1.05 bits per heavy atom. The quantitative estimate of drug-likeness (QED) is 0.717. The van der Waals surface area contributed by atoms with Crippen molar-refractivity contribution in [3.05, 3.63) is 55.6 Å². The van der Waals surface area contributed by atoms with Crippen LogP contribution in [0.3, 0.4) is 0 Å². The zero-order valence-corrected chi connectivity index (χ0v) is 14.9. The minimum Gasteiger partial charge on any atom is -0.497 e. The van der Waals surface area contributed by atoms with Gasteiger partial charge in [-0.2, -0.15) is 0 Å². The molecule has 0 fully saturated rings. The van der Waals surface area contributed by atoms with Crippen molar-refractivity contribution in [3.8, 4) is 11.5 Å². The van der Waals surface area contributed by atoms with Crippen molar-refractivity contribution >= 4 is 38.5 Å². The normalized spacial score (nSPS) is 12.1. The molecule has 0 aliphatic heterocycles. The van der Waals surface area contributed by atoms with Crippen molar-refractivity contribution in [1.29, 1.82) is 0 Å². The molecule has 3 nitrogen and oxygen atoms in total. The van der Waals surface area contributed by atoms with Crippen molar-refractivity contribution in [1.82, 2.24) is 0 Å². The van der Waals surface area contributed by atoms with E-state index in [0.29, 0.717) is 0 Å². The third-order valence-electron chi connectivity index (χ3n) is 3.03. The molecule has 2 N–H and O–H groups in total. The van der Waals surface area contributed by atoms with Gasteiger partial charge in [0.1, 0.15) is 11.5 Å². The molecular weight excluding hydrogens is 433 g/mol. The predicted octanol–water partition coefficient (Wildman–Crippen LogP) is 4.12. The first-order chi connectivity index (χ1) is 9.55. The molecular formula is C15H15BrINO2. The number of nitrogens with two attached hydrogens (primary N) is 1. The van der Waals surface area contributed by atoms with Gasteiger partial charge in [-0.15, -0.1) is 0 Å². The van der Waals surface area contributed by atoms with Crippen molar-refractivity contribution < 1.29 is 9.47 Å². The van der Waals surface area contributed by atoms with Crippen LogP contribution in [0.15, 0.2) is 40.9 Å². The summed E-state index contributed by atoms with van der Waals surface area (Å²) in [5.74, 6) is 1.47. The second-order valence-corrected chi connectivity index (χ2v) is 6.37. The van der Waals surface area contributed by atoms with Gasteiger partial charge in [-0.1, -0.05) is 15.9 Å². The van der Waals surface area contributed by atoms with Gasteiger partial charge in [0.25, 0.3) is 0 Å². The second kappa shape index (κ2) is 6.78. The summed E-state index contributed by atoms with van der Waals surface area (Å²) in [6.07, 6.45) is 0. The summed E-state index contributed by atoms with van der Waals surface area (Å²) >= 11 is 5.78. The van der Waals surface area contributed by atoms with Crippen LogP contribution in [0.5, 0.6) is 11.5 Å². The van der Waals surface area contributed by atoms with E-state index in [1.54, 1.807) is 14.2 Å². The Kier molecular flexibility index (Phi) is 5.29. The number of hydrogen-bond acceptors (Lipinski definition) is 3. The van der Waals surface area contributed by atoms with Gasteiger partial charge < -0.3 is 15.2 Å². The smallest absolute Gasteiger partial charge is 0.122 e. The lowest BCUT2D eigenvalue weighted by Crippen LogP contribution is -2.13. The molecule has 2 aromatic rings. The molecule has 20 heavy (non-hydrogen) atoms. The Bertz CT molecular complexity index is 597. The maximum atomic E-state index is 6.40. The molecule has 0 heterocycles. The van der Waals surface area contributed by atoms with E-state index in [-0.39, 0.29) is 6.04 Å². The molecule has 0 bridgehead atoms. The van der Waals surface area contributed by atoms with Crippen LogP contribution < -0.4 is 15.2 Å². The molecule has 0 saturated heterocycles. The van der Waals surface area contributed by atoms with Gasteiger partial charge in [-0.25, -0.2) is 0 Å². The van der Waals surface area contributed by atoms with Crippen LogP contribution in [-0.4, -0.2) is 14.2 Å². The number of rotatable bonds is 4. The van der Waals surface area contributed by atoms with Crippen LogP contribution in [0.2, 0.25) is 0 Å². The zero-order valence-electron chi connectivity index (χ0n) is 11.2. The van der Waals surface area contributed by atoms with E-state index in [1.807, 2.05) is 36.4 Å². The van der Waals surface area contributed by atoms with Gasteiger partial charge in [-0.3, -0.25) is 0 Å². The maximum Gasteiger partial charge on any atom is 0.122 e. The van der Waals surface area contributed by atoms with Crippen molar-refractivity contribution in [2.24, 2.45) is 5.73 Å². The molecule has 0 aliphatic rings. The summed E-state index contributed by atoms with van der Waals surface area (Å²) in [6, 6.07) is 11.6. The van der Waals surface area contributed by atoms with Gasteiger partial charge in [0.2, 0.25) is 0 Å². The van der Waals surface area contributed by atoms with E-state index >= 15 is 0 Å². The third-order valence-corrected chi connectivity index (χ3v) is 4.50. The van der Waals surface area contributed by atoms with Crippen LogP contribution in [-0.2, 0) is 0 Å². The van der Waals surface area contributed by atoms with Crippen molar-refractivity contribution in [2.75, 3.05) is 14.2 Å². The van der Waals surface area contributed by atoms with E-state index in [9.17, 15) is 0 Å². The Hall–Kier alpha value is -0.790. The molecule has 5 heteroatoms. The molecule has 0 spiro atoms. The first-order valence-corrected chi connectivity index (χ1v) is 7.86. The van der Waals surface area contributed by atoms with Crippen LogP contribution >= 0.6 is 38.5 Å². The number of hydrogen-bond donors (Lipinski definition) is 1. The van der Waals surface area contributed by atoms with E-state index in [0.717, 1.165) is 30.7 Å². The lowest BCUT2D eigenvalue weighted by molar-refractivity contribution is 0.393. The number of benzene rings is 2. The minimum absolute atomic E-state index is 0.233. The molecule has 1 unspecified atom stereocenters. The Balaban J connectivity index is 2.46. The van der Waals surface area contributed by atoms with Crippen molar-refractivity contribution in [3.63, 3.8) is 0 Å². The van der Waals surface area contributed by atoms with Crippen LogP contribution in [0, 0.1) is 3.57 Å². The molecule has 106 valence electrons. The molecule has 0 amide bonds. The molecule has 0 aromatic heterocycles. The highest BCUT2D eigenvalue weighted by molar-refractivity contribution is 14.1. The first kappa shape index (κ1) is 15.6. The predicted molar refractivity (Wildman–Crippen MR) is 92.4 cm³/mol. The molecule has 2 rings (SSSR count). The molecule has 2 aromatic carbocycles. The Labute approximate surface area is 140 Å². The summed E-state index contributed by atoms with van der Waals surface area (Å²) in [4.78, 5) is 0. The Morgan fingerprint density at radius 2 is 1.65 bits per heavy atom. The van der Waals surface area contributed by atoms with Gasteiger partial charge in [-0.05, 0) is 64.0 Å². The molecule has 0 aliphatic carbocycles. The van der Waals surface area contributed by atoms with Crippen LogP contribution in [0.4, 0.5) is 0 Å². The standard InChI is InChI=1S/C15H15BrINO2/c1-19-11-5-9(6-12(8-11)20-2)15(18)13-7-10(16)3-4-14(13)17/h3-8,15H,18H2,1-2H3. The Morgan fingerprint density at radius 3 is 2.20 bits per heavy atom. The summed E-state index contributed by atoms with van der Waals surface area (Å²) < 4.78 is 12.7. The number of halogens is 2. The summed E-state index contributed by atoms with van der Waals surface area (Å²) in [7, 11) is 3.26. The van der Waals surface area contributed by atoms with Gasteiger partial charge in [0.05, 0.1) is 20.3 Å². The second-order valence-electron chi connectivity index (χ2n) is 4.29. The fourth-order valence-electron chi connectivity index (χ4n) is 1.94. The number of ether oxygens (including phenoxy) is 2. The zero-order chi connectivity index (χ0) is 14.7. The van der Waals surface area contributed by atoms with Gasteiger partial charge in [0, 0.05) is 14.1 Å². The summed E-state index contributed by atoms with van der Waals surface area (Å²) in [6.45, 7) is 0. The minimum atomic E-state index is -0.233. The average Bonchev–Trinajstić information content (AvgIpc) is 2.48. The molecule has 0 radical (unpaired) electrons. The molecule has 0 saturated carbocycles. The van der Waals surface area contributed by atoms with E-state index in [4.69, 9.17) is 15.2 Å². The fraction of sp³-hybridized carbons (Fsp3) is 0.200. The highest BCUT2D eigenvalue weighted by Crippen LogP contribution is 2.31. The van der Waals surface area contributed by atoms with Crippen LogP contribution in [0.25, 0.3) is 0 Å². The monoisotopic (exact) mass is 447 g/mol. The maximum absolute atomic E-state index is 6.40. The summed E-state index contributed by atoms with van der Waals surface area (Å²) in [5, 5.41) is 0. The van der Waals surface area contributed by atoms with Crippen molar-refractivity contribution in [2.45, 2.75) is 6.04 Å². The third kappa shape index (κ3) is 3.45. The SMILES string of the molecule is COc1cc(OC)cc(C(N)c2cc(Br)ccc2I)c1. The van der Waals surface area contributed by atoms with Gasteiger partial charge in [0.15, 0.2) is 0 Å². The summed E-state index contributed by atoms with van der Waals surface area (Å²) in [5.41, 5.74) is 8.42. The largest absolute Gasteiger partial charge is 0.497 e. The lowest BCUT2D eigenvalue weighted by Gasteiger charge is -2.17. The lowest BCUT2D eigenvalue weighted by atomic mass is 9.99. The fourth-order valence-corrected chi connectivity index (χ4v) is 2.99. The van der Waals surface area contributed by atoms with E-state index < -0.39 is 0 Å². The average molecular weight is 448 g/mol.